The first kappa shape index (κ1) is 14.0. The Balaban J connectivity index is 2.33. The Morgan fingerprint density at radius 3 is 2.84 bits per heavy atom. The summed E-state index contributed by atoms with van der Waals surface area (Å²) in [5, 5.41) is 11.6. The van der Waals surface area contributed by atoms with Crippen LogP contribution >= 0.6 is 15.9 Å². The molecule has 6 heteroatoms. The highest BCUT2D eigenvalue weighted by atomic mass is 79.9. The van der Waals surface area contributed by atoms with Gasteiger partial charge >= 0.3 is 0 Å². The first-order valence-electron chi connectivity index (χ1n) is 6.16. The zero-order chi connectivity index (χ0) is 14.0. The Hall–Kier alpha value is -1.43. The van der Waals surface area contributed by atoms with Gasteiger partial charge in [-0.2, -0.15) is 0 Å². The first-order valence-corrected chi connectivity index (χ1v) is 7.28. The van der Waals surface area contributed by atoms with Crippen LogP contribution in [0.25, 0.3) is 0 Å². The zero-order valence-corrected chi connectivity index (χ0v) is 12.2. The van der Waals surface area contributed by atoms with Crippen LogP contribution in [0, 0.1) is 16.0 Å². The molecule has 0 radical (unpaired) electrons. The molecule has 1 aliphatic heterocycles. The molecule has 5 nitrogen and oxygen atoms in total. The molecule has 1 unspecified atom stereocenters. The number of hydrogen-bond donors (Lipinski definition) is 0. The summed E-state index contributed by atoms with van der Waals surface area (Å²) in [4.78, 5) is 24.1. The monoisotopic (exact) mass is 326 g/mol. The minimum Gasteiger partial charge on any atom is -0.312 e. The molecule has 1 aromatic carbocycles. The van der Waals surface area contributed by atoms with Gasteiger partial charge in [-0.05, 0) is 24.0 Å². The number of halogens is 1. The van der Waals surface area contributed by atoms with Crippen LogP contribution in [0.3, 0.4) is 0 Å². The van der Waals surface area contributed by atoms with Crippen LogP contribution in [0.1, 0.15) is 18.9 Å². The zero-order valence-electron chi connectivity index (χ0n) is 10.6. The molecule has 1 atom stereocenters. The summed E-state index contributed by atoms with van der Waals surface area (Å²) >= 11 is 3.40. The third-order valence-corrected chi connectivity index (χ3v) is 4.34. The largest absolute Gasteiger partial charge is 0.312 e. The molecular formula is C13H15BrN2O3. The fourth-order valence-electron chi connectivity index (χ4n) is 2.22. The predicted molar refractivity (Wildman–Crippen MR) is 76.7 cm³/mol. The number of alkyl halides is 1. The molecule has 1 aliphatic rings. The number of hydrogen-bond acceptors (Lipinski definition) is 3. The average molecular weight is 327 g/mol. The molecule has 0 aromatic heterocycles. The van der Waals surface area contributed by atoms with E-state index < -0.39 is 4.92 Å². The van der Waals surface area contributed by atoms with Gasteiger partial charge in [0.05, 0.1) is 4.92 Å². The van der Waals surface area contributed by atoms with Gasteiger partial charge in [0, 0.05) is 36.1 Å². The molecule has 0 saturated carbocycles. The van der Waals surface area contributed by atoms with Gasteiger partial charge in [0.2, 0.25) is 5.91 Å². The fraction of sp³-hybridized carbons (Fsp3) is 0.462. The van der Waals surface area contributed by atoms with E-state index in [2.05, 4.69) is 22.9 Å². The smallest absolute Gasteiger partial charge is 0.269 e. The summed E-state index contributed by atoms with van der Waals surface area (Å²) in [6.07, 6.45) is 0.998. The third-order valence-electron chi connectivity index (χ3n) is 3.23. The summed E-state index contributed by atoms with van der Waals surface area (Å²) in [6.45, 7) is 2.69. The predicted octanol–water partition coefficient (Wildman–Crippen LogP) is 2.91. The van der Waals surface area contributed by atoms with Crippen LogP contribution in [-0.2, 0) is 11.2 Å². The maximum Gasteiger partial charge on any atom is 0.269 e. The van der Waals surface area contributed by atoms with Crippen LogP contribution in [0.5, 0.6) is 0 Å². The lowest BCUT2D eigenvalue weighted by Gasteiger charge is -2.31. The van der Waals surface area contributed by atoms with Gasteiger partial charge < -0.3 is 4.90 Å². The van der Waals surface area contributed by atoms with E-state index in [0.717, 1.165) is 16.6 Å². The van der Waals surface area contributed by atoms with E-state index in [9.17, 15) is 14.9 Å². The number of aryl methyl sites for hydroxylation is 1. The second kappa shape index (κ2) is 5.69. The van der Waals surface area contributed by atoms with E-state index >= 15 is 0 Å². The van der Waals surface area contributed by atoms with Crippen LogP contribution in [0.2, 0.25) is 0 Å². The molecule has 102 valence electrons. The molecule has 0 spiro atoms. The van der Waals surface area contributed by atoms with Crippen LogP contribution < -0.4 is 4.90 Å². The number of non-ortho nitro benzene ring substituents is 1. The molecule has 2 rings (SSSR count). The summed E-state index contributed by atoms with van der Waals surface area (Å²) in [5.74, 6) is 0.430. The van der Waals surface area contributed by atoms with Gasteiger partial charge in [0.1, 0.15) is 0 Å². The van der Waals surface area contributed by atoms with Gasteiger partial charge in [0.15, 0.2) is 0 Å². The number of fused-ring (bicyclic) bond motifs is 1. The first-order chi connectivity index (χ1) is 9.02. The van der Waals surface area contributed by atoms with E-state index in [4.69, 9.17) is 0 Å². The van der Waals surface area contributed by atoms with Gasteiger partial charge in [-0.3, -0.25) is 14.9 Å². The van der Waals surface area contributed by atoms with Crippen molar-refractivity contribution in [1.29, 1.82) is 0 Å². The Morgan fingerprint density at radius 1 is 1.47 bits per heavy atom. The van der Waals surface area contributed by atoms with Crippen molar-refractivity contribution in [1.82, 2.24) is 0 Å². The maximum absolute atomic E-state index is 12.0. The van der Waals surface area contributed by atoms with Crippen molar-refractivity contribution in [3.8, 4) is 0 Å². The molecule has 0 bridgehead atoms. The molecular weight excluding hydrogens is 312 g/mol. The van der Waals surface area contributed by atoms with Gasteiger partial charge in [-0.1, -0.05) is 22.9 Å². The minimum atomic E-state index is -0.401. The standard InChI is InChI=1S/C13H15BrN2O3/c1-9(7-14)8-15-12-4-3-11(16(18)19)6-10(12)2-5-13(15)17/h3-4,6,9H,2,5,7-8H2,1H3. The summed E-state index contributed by atoms with van der Waals surface area (Å²) in [5.41, 5.74) is 1.78. The fourth-order valence-corrected chi connectivity index (χ4v) is 2.43. The van der Waals surface area contributed by atoms with Gasteiger partial charge in [0.25, 0.3) is 5.69 Å². The van der Waals surface area contributed by atoms with Crippen molar-refractivity contribution < 1.29 is 9.72 Å². The van der Waals surface area contributed by atoms with Crippen LogP contribution in [-0.4, -0.2) is 22.7 Å². The number of rotatable bonds is 4. The number of carbonyl (C=O) groups excluding carboxylic acids is 1. The average Bonchev–Trinajstić information content (AvgIpc) is 2.41. The lowest BCUT2D eigenvalue weighted by Crippen LogP contribution is -2.38. The molecule has 0 aliphatic carbocycles. The number of benzene rings is 1. The Labute approximate surface area is 119 Å². The van der Waals surface area contributed by atoms with Crippen molar-refractivity contribution in [3.05, 3.63) is 33.9 Å². The number of nitro benzene ring substituents is 1. The van der Waals surface area contributed by atoms with Crippen LogP contribution in [0.15, 0.2) is 18.2 Å². The molecule has 0 fully saturated rings. The molecule has 1 aromatic rings. The quantitative estimate of drug-likeness (QED) is 0.485. The van der Waals surface area contributed by atoms with E-state index in [1.807, 2.05) is 0 Å². The Morgan fingerprint density at radius 2 is 2.21 bits per heavy atom. The normalized spacial score (nSPS) is 16.1. The second-order valence-corrected chi connectivity index (χ2v) is 5.48. The number of carbonyl (C=O) groups is 1. The number of nitrogens with zero attached hydrogens (tertiary/aromatic N) is 2. The molecule has 0 saturated heterocycles. The Bertz CT molecular complexity index is 519. The molecule has 1 heterocycles. The topological polar surface area (TPSA) is 63.5 Å². The van der Waals surface area contributed by atoms with Crippen molar-refractivity contribution in [2.75, 3.05) is 16.8 Å². The van der Waals surface area contributed by atoms with Crippen molar-refractivity contribution in [2.24, 2.45) is 5.92 Å². The third kappa shape index (κ3) is 2.94. The lowest BCUT2D eigenvalue weighted by molar-refractivity contribution is -0.384. The molecule has 0 N–H and O–H groups in total. The number of amides is 1. The summed E-state index contributed by atoms with van der Waals surface area (Å²) < 4.78 is 0. The number of nitro groups is 1. The van der Waals surface area contributed by atoms with Gasteiger partial charge in [-0.25, -0.2) is 0 Å². The molecule has 1 amide bonds. The number of anilines is 1. The highest BCUT2D eigenvalue weighted by Gasteiger charge is 2.26. The van der Waals surface area contributed by atoms with E-state index in [0.29, 0.717) is 25.3 Å². The van der Waals surface area contributed by atoms with Crippen molar-refractivity contribution >= 4 is 33.2 Å². The van der Waals surface area contributed by atoms with E-state index in [1.54, 1.807) is 17.0 Å². The summed E-state index contributed by atoms with van der Waals surface area (Å²) in [6, 6.07) is 4.72. The van der Waals surface area contributed by atoms with Crippen LogP contribution in [0.4, 0.5) is 11.4 Å². The maximum atomic E-state index is 12.0. The SMILES string of the molecule is CC(CBr)CN1C(=O)CCc2cc([N+](=O)[O-])ccc21. The highest BCUT2D eigenvalue weighted by Crippen LogP contribution is 2.31. The highest BCUT2D eigenvalue weighted by molar-refractivity contribution is 9.09. The molecule has 19 heavy (non-hydrogen) atoms. The summed E-state index contributed by atoms with van der Waals surface area (Å²) in [7, 11) is 0. The lowest BCUT2D eigenvalue weighted by atomic mass is 9.99. The van der Waals surface area contributed by atoms with E-state index in [-0.39, 0.29) is 11.6 Å². The van der Waals surface area contributed by atoms with Crippen molar-refractivity contribution in [2.45, 2.75) is 19.8 Å². The van der Waals surface area contributed by atoms with Crippen molar-refractivity contribution in [3.63, 3.8) is 0 Å². The second-order valence-electron chi connectivity index (χ2n) is 4.83. The van der Waals surface area contributed by atoms with Gasteiger partial charge in [-0.15, -0.1) is 0 Å². The minimum absolute atomic E-state index is 0.0848. The van der Waals surface area contributed by atoms with E-state index in [1.165, 1.54) is 6.07 Å². The Kier molecular flexibility index (Phi) is 4.19.